The molecule has 1 atom stereocenters. The van der Waals surface area contributed by atoms with E-state index in [4.69, 9.17) is 4.74 Å². The Morgan fingerprint density at radius 2 is 2.12 bits per heavy atom. The zero-order chi connectivity index (χ0) is 12.1. The molecule has 17 heavy (non-hydrogen) atoms. The Morgan fingerprint density at radius 1 is 1.29 bits per heavy atom. The first-order chi connectivity index (χ1) is 8.03. The van der Waals surface area contributed by atoms with E-state index in [0.29, 0.717) is 0 Å². The van der Waals surface area contributed by atoms with Gasteiger partial charge in [-0.3, -0.25) is 0 Å². The highest BCUT2D eigenvalue weighted by molar-refractivity contribution is 5.39. The van der Waals surface area contributed by atoms with Crippen LogP contribution in [0.5, 0.6) is 0 Å². The van der Waals surface area contributed by atoms with Crippen molar-refractivity contribution in [1.29, 1.82) is 0 Å². The Labute approximate surface area is 101 Å². The summed E-state index contributed by atoms with van der Waals surface area (Å²) >= 11 is 0. The Bertz CT molecular complexity index is 458. The molecule has 92 valence electrons. The van der Waals surface area contributed by atoms with E-state index >= 15 is 0 Å². The molecule has 1 aromatic rings. The highest BCUT2D eigenvalue weighted by atomic mass is 19.1. The standard InChI is InChI=1S/C14H18FNO/c1-13(2)8-16-9-14(17-13)7-6-10-11(14)4-3-5-12(10)15/h3-5,16H,6-9H2,1-2H3. The molecule has 3 heteroatoms. The molecule has 1 aliphatic heterocycles. The minimum atomic E-state index is -0.320. The molecule has 2 aliphatic rings. The summed E-state index contributed by atoms with van der Waals surface area (Å²) < 4.78 is 20.0. The number of hydrogen-bond donors (Lipinski definition) is 1. The van der Waals surface area contributed by atoms with Crippen LogP contribution in [0.25, 0.3) is 0 Å². The molecular formula is C14H18FNO. The van der Waals surface area contributed by atoms with Gasteiger partial charge in [0.25, 0.3) is 0 Å². The summed E-state index contributed by atoms with van der Waals surface area (Å²) in [5, 5.41) is 3.42. The van der Waals surface area contributed by atoms with Crippen LogP contribution in [-0.4, -0.2) is 18.7 Å². The Morgan fingerprint density at radius 3 is 2.88 bits per heavy atom. The quantitative estimate of drug-likeness (QED) is 0.745. The van der Waals surface area contributed by atoms with E-state index in [-0.39, 0.29) is 17.0 Å². The lowest BCUT2D eigenvalue weighted by atomic mass is 9.91. The van der Waals surface area contributed by atoms with Gasteiger partial charge in [0.05, 0.1) is 5.60 Å². The summed E-state index contributed by atoms with van der Waals surface area (Å²) in [5.74, 6) is -0.0913. The second-order valence-corrected chi connectivity index (χ2v) is 5.73. The summed E-state index contributed by atoms with van der Waals surface area (Å²) in [6.07, 6.45) is 1.65. The fraction of sp³-hybridized carbons (Fsp3) is 0.571. The fourth-order valence-corrected chi connectivity index (χ4v) is 3.16. The zero-order valence-electron chi connectivity index (χ0n) is 10.3. The van der Waals surface area contributed by atoms with Crippen molar-refractivity contribution in [3.05, 3.63) is 35.1 Å². The number of hydrogen-bond acceptors (Lipinski definition) is 2. The first kappa shape index (κ1) is 11.2. The molecule has 0 radical (unpaired) electrons. The van der Waals surface area contributed by atoms with Crippen molar-refractivity contribution in [2.45, 2.75) is 37.9 Å². The summed E-state index contributed by atoms with van der Waals surface area (Å²) in [6.45, 7) is 5.79. The van der Waals surface area contributed by atoms with Crippen LogP contribution in [0.3, 0.4) is 0 Å². The van der Waals surface area contributed by atoms with Crippen LogP contribution >= 0.6 is 0 Å². The first-order valence-electron chi connectivity index (χ1n) is 6.21. The van der Waals surface area contributed by atoms with Crippen molar-refractivity contribution in [2.24, 2.45) is 0 Å². The topological polar surface area (TPSA) is 21.3 Å². The maximum atomic E-state index is 13.7. The minimum absolute atomic E-state index is 0.0913. The van der Waals surface area contributed by atoms with Gasteiger partial charge in [0.1, 0.15) is 11.4 Å². The van der Waals surface area contributed by atoms with Crippen LogP contribution in [0, 0.1) is 5.82 Å². The van der Waals surface area contributed by atoms with Crippen molar-refractivity contribution in [3.63, 3.8) is 0 Å². The van der Waals surface area contributed by atoms with Crippen LogP contribution in [0.2, 0.25) is 0 Å². The van der Waals surface area contributed by atoms with Crippen LogP contribution in [0.1, 0.15) is 31.4 Å². The monoisotopic (exact) mass is 235 g/mol. The van der Waals surface area contributed by atoms with Gasteiger partial charge in [0, 0.05) is 13.1 Å². The van der Waals surface area contributed by atoms with Crippen molar-refractivity contribution < 1.29 is 9.13 Å². The van der Waals surface area contributed by atoms with E-state index in [1.807, 2.05) is 6.07 Å². The molecule has 1 heterocycles. The van der Waals surface area contributed by atoms with Gasteiger partial charge in [0.2, 0.25) is 0 Å². The Balaban J connectivity index is 2.05. The molecule has 1 spiro atoms. The second kappa shape index (κ2) is 3.53. The fourth-order valence-electron chi connectivity index (χ4n) is 3.16. The molecule has 3 rings (SSSR count). The average Bonchev–Trinajstić information content (AvgIpc) is 2.58. The van der Waals surface area contributed by atoms with Crippen LogP contribution < -0.4 is 5.32 Å². The van der Waals surface area contributed by atoms with Gasteiger partial charge in [-0.05, 0) is 43.9 Å². The molecule has 1 aromatic carbocycles. The van der Waals surface area contributed by atoms with Crippen LogP contribution in [0.15, 0.2) is 18.2 Å². The molecule has 0 saturated carbocycles. The lowest BCUT2D eigenvalue weighted by Gasteiger charge is -2.44. The Hall–Kier alpha value is -0.930. The molecule has 0 aromatic heterocycles. The summed E-state index contributed by atoms with van der Waals surface area (Å²) in [4.78, 5) is 0. The third-order valence-electron chi connectivity index (χ3n) is 3.82. The Kier molecular flexibility index (Phi) is 2.32. The second-order valence-electron chi connectivity index (χ2n) is 5.73. The van der Waals surface area contributed by atoms with Crippen LogP contribution in [-0.2, 0) is 16.8 Å². The number of rotatable bonds is 0. The third kappa shape index (κ3) is 1.69. The molecule has 1 unspecified atom stereocenters. The smallest absolute Gasteiger partial charge is 0.126 e. The van der Waals surface area contributed by atoms with Crippen molar-refractivity contribution in [2.75, 3.05) is 13.1 Å². The number of benzene rings is 1. The predicted molar refractivity (Wildman–Crippen MR) is 64.4 cm³/mol. The highest BCUT2D eigenvalue weighted by Crippen LogP contribution is 2.44. The summed E-state index contributed by atoms with van der Waals surface area (Å²) in [7, 11) is 0. The largest absolute Gasteiger partial charge is 0.362 e. The molecule has 1 aliphatic carbocycles. The third-order valence-corrected chi connectivity index (χ3v) is 3.82. The average molecular weight is 235 g/mol. The normalized spacial score (nSPS) is 30.5. The van der Waals surface area contributed by atoms with E-state index in [2.05, 4.69) is 19.2 Å². The number of morpholine rings is 1. The predicted octanol–water partition coefficient (Wildman–Crippen LogP) is 2.37. The molecule has 1 saturated heterocycles. The van der Waals surface area contributed by atoms with Crippen molar-refractivity contribution in [1.82, 2.24) is 5.32 Å². The van der Waals surface area contributed by atoms with Gasteiger partial charge in [0.15, 0.2) is 0 Å². The van der Waals surface area contributed by atoms with E-state index in [0.717, 1.165) is 37.1 Å². The van der Waals surface area contributed by atoms with Gasteiger partial charge in [-0.25, -0.2) is 4.39 Å². The maximum absolute atomic E-state index is 13.7. The number of fused-ring (bicyclic) bond motifs is 2. The molecule has 1 fully saturated rings. The highest BCUT2D eigenvalue weighted by Gasteiger charge is 2.46. The minimum Gasteiger partial charge on any atom is -0.362 e. The first-order valence-corrected chi connectivity index (χ1v) is 6.21. The summed E-state index contributed by atoms with van der Waals surface area (Å²) in [6, 6.07) is 5.33. The molecule has 0 amide bonds. The van der Waals surface area contributed by atoms with Gasteiger partial charge in [-0.2, -0.15) is 0 Å². The number of halogens is 1. The SMILES string of the molecule is CC1(C)CNCC2(CCc3c(F)cccc32)O1. The molecule has 2 nitrogen and oxygen atoms in total. The number of nitrogens with one attached hydrogen (secondary N) is 1. The van der Waals surface area contributed by atoms with Gasteiger partial charge >= 0.3 is 0 Å². The van der Waals surface area contributed by atoms with E-state index in [9.17, 15) is 4.39 Å². The van der Waals surface area contributed by atoms with Crippen molar-refractivity contribution in [3.8, 4) is 0 Å². The molecule has 1 N–H and O–H groups in total. The van der Waals surface area contributed by atoms with E-state index in [1.54, 1.807) is 12.1 Å². The lowest BCUT2D eigenvalue weighted by Crippen LogP contribution is -2.55. The van der Waals surface area contributed by atoms with E-state index < -0.39 is 0 Å². The molecule has 0 bridgehead atoms. The lowest BCUT2D eigenvalue weighted by molar-refractivity contribution is -0.166. The van der Waals surface area contributed by atoms with Gasteiger partial charge in [-0.1, -0.05) is 12.1 Å². The van der Waals surface area contributed by atoms with E-state index in [1.165, 1.54) is 0 Å². The zero-order valence-corrected chi connectivity index (χ0v) is 10.3. The van der Waals surface area contributed by atoms with Crippen molar-refractivity contribution >= 4 is 0 Å². The number of ether oxygens (including phenoxy) is 1. The van der Waals surface area contributed by atoms with Crippen LogP contribution in [0.4, 0.5) is 4.39 Å². The summed E-state index contributed by atoms with van der Waals surface area (Å²) in [5.41, 5.74) is 1.37. The maximum Gasteiger partial charge on any atom is 0.126 e. The van der Waals surface area contributed by atoms with Gasteiger partial charge < -0.3 is 10.1 Å². The molecular weight excluding hydrogens is 217 g/mol. The van der Waals surface area contributed by atoms with Gasteiger partial charge in [-0.15, -0.1) is 0 Å².